The minimum atomic E-state index is 0.336. The molecule has 2 atom stereocenters. The molecule has 0 amide bonds. The van der Waals surface area contributed by atoms with Crippen molar-refractivity contribution >= 4 is 11.6 Å². The van der Waals surface area contributed by atoms with Crippen LogP contribution >= 0.6 is 11.6 Å². The van der Waals surface area contributed by atoms with Crippen molar-refractivity contribution in [3.63, 3.8) is 0 Å². The molecule has 2 aliphatic rings. The zero-order chi connectivity index (χ0) is 12.5. The summed E-state index contributed by atoms with van der Waals surface area (Å²) in [6, 6.07) is 9.99. The van der Waals surface area contributed by atoms with Gasteiger partial charge in [-0.15, -0.1) is 0 Å². The predicted octanol–water partition coefficient (Wildman–Crippen LogP) is 3.23. The van der Waals surface area contributed by atoms with Gasteiger partial charge in [-0.2, -0.15) is 0 Å². The van der Waals surface area contributed by atoms with Crippen LogP contribution < -0.4 is 5.32 Å². The number of benzene rings is 1. The van der Waals surface area contributed by atoms with E-state index in [4.69, 9.17) is 11.6 Å². The van der Waals surface area contributed by atoms with Gasteiger partial charge in [0.1, 0.15) is 0 Å². The number of rotatable bonds is 4. The Morgan fingerprint density at radius 1 is 1.28 bits per heavy atom. The number of likely N-dealkylation sites (tertiary alicyclic amines) is 1. The van der Waals surface area contributed by atoms with E-state index in [1.807, 2.05) is 12.1 Å². The second-order valence-electron chi connectivity index (χ2n) is 5.62. The molecule has 1 unspecified atom stereocenters. The van der Waals surface area contributed by atoms with Crippen LogP contribution in [0.25, 0.3) is 0 Å². The molecular weight excluding hydrogens is 244 g/mol. The first-order chi connectivity index (χ1) is 8.74. The van der Waals surface area contributed by atoms with Crippen molar-refractivity contribution in [3.8, 4) is 0 Å². The normalized spacial score (nSPS) is 26.4. The van der Waals surface area contributed by atoms with E-state index in [2.05, 4.69) is 29.3 Å². The van der Waals surface area contributed by atoms with Crippen LogP contribution in [-0.4, -0.2) is 30.1 Å². The average molecular weight is 265 g/mol. The molecule has 2 nitrogen and oxygen atoms in total. The van der Waals surface area contributed by atoms with E-state index in [-0.39, 0.29) is 0 Å². The molecule has 1 saturated carbocycles. The second-order valence-corrected chi connectivity index (χ2v) is 6.03. The topological polar surface area (TPSA) is 15.3 Å². The smallest absolute Gasteiger partial charge is 0.0453 e. The Morgan fingerprint density at radius 2 is 2.06 bits per heavy atom. The van der Waals surface area contributed by atoms with E-state index in [0.717, 1.165) is 11.1 Å². The van der Waals surface area contributed by atoms with Crippen LogP contribution in [0.3, 0.4) is 0 Å². The van der Waals surface area contributed by atoms with Gasteiger partial charge in [-0.3, -0.25) is 4.90 Å². The van der Waals surface area contributed by atoms with Crippen LogP contribution in [0.5, 0.6) is 0 Å². The van der Waals surface area contributed by atoms with Crippen molar-refractivity contribution in [2.24, 2.45) is 0 Å². The van der Waals surface area contributed by atoms with Crippen LogP contribution in [0.4, 0.5) is 0 Å². The highest BCUT2D eigenvalue weighted by Crippen LogP contribution is 2.30. The summed E-state index contributed by atoms with van der Waals surface area (Å²) in [4.78, 5) is 2.64. The van der Waals surface area contributed by atoms with Gasteiger partial charge in [0.25, 0.3) is 0 Å². The summed E-state index contributed by atoms with van der Waals surface area (Å²) in [7, 11) is 0. The van der Waals surface area contributed by atoms with Gasteiger partial charge in [-0.1, -0.05) is 29.8 Å². The molecule has 1 aromatic rings. The summed E-state index contributed by atoms with van der Waals surface area (Å²) in [5, 5.41) is 4.59. The zero-order valence-electron chi connectivity index (χ0n) is 10.9. The average Bonchev–Trinajstić information content (AvgIpc) is 3.11. The van der Waals surface area contributed by atoms with Crippen molar-refractivity contribution in [1.82, 2.24) is 10.2 Å². The highest BCUT2D eigenvalue weighted by molar-refractivity contribution is 6.31. The molecule has 3 heteroatoms. The van der Waals surface area contributed by atoms with Gasteiger partial charge in [-0.05, 0) is 37.8 Å². The van der Waals surface area contributed by atoms with Crippen LogP contribution in [-0.2, 0) is 0 Å². The second kappa shape index (κ2) is 5.20. The summed E-state index contributed by atoms with van der Waals surface area (Å²) < 4.78 is 0. The van der Waals surface area contributed by atoms with Gasteiger partial charge in [0.2, 0.25) is 0 Å². The Kier molecular flexibility index (Phi) is 3.60. The fourth-order valence-electron chi connectivity index (χ4n) is 2.96. The Labute approximate surface area is 114 Å². The fourth-order valence-corrected chi connectivity index (χ4v) is 3.26. The Balaban J connectivity index is 1.58. The lowest BCUT2D eigenvalue weighted by molar-refractivity contribution is 0.313. The Bertz CT molecular complexity index is 417. The molecule has 3 rings (SSSR count). The third kappa shape index (κ3) is 2.71. The summed E-state index contributed by atoms with van der Waals surface area (Å²) >= 11 is 6.24. The molecule has 0 spiro atoms. The molecule has 0 aromatic heterocycles. The van der Waals surface area contributed by atoms with Crippen molar-refractivity contribution in [3.05, 3.63) is 34.9 Å². The van der Waals surface area contributed by atoms with E-state index >= 15 is 0 Å². The van der Waals surface area contributed by atoms with Gasteiger partial charge < -0.3 is 5.32 Å². The van der Waals surface area contributed by atoms with Gasteiger partial charge in [0.05, 0.1) is 0 Å². The van der Waals surface area contributed by atoms with Crippen molar-refractivity contribution in [2.75, 3.05) is 13.1 Å². The first-order valence-corrected chi connectivity index (χ1v) is 7.36. The molecular formula is C15H21ClN2. The molecule has 1 aromatic carbocycles. The molecule has 0 bridgehead atoms. The molecule has 98 valence electrons. The Hall–Kier alpha value is -0.570. The molecule has 1 heterocycles. The van der Waals surface area contributed by atoms with Crippen molar-refractivity contribution in [1.29, 1.82) is 0 Å². The summed E-state index contributed by atoms with van der Waals surface area (Å²) in [6.07, 6.45) is 4.09. The maximum Gasteiger partial charge on any atom is 0.0453 e. The van der Waals surface area contributed by atoms with E-state index < -0.39 is 0 Å². The largest absolute Gasteiger partial charge is 0.306 e. The first-order valence-electron chi connectivity index (χ1n) is 6.98. The maximum absolute atomic E-state index is 6.24. The van der Waals surface area contributed by atoms with E-state index in [9.17, 15) is 0 Å². The quantitative estimate of drug-likeness (QED) is 0.898. The summed E-state index contributed by atoms with van der Waals surface area (Å²) in [5.41, 5.74) is 1.21. The van der Waals surface area contributed by atoms with E-state index in [1.54, 1.807) is 0 Å². The molecule has 1 aliphatic heterocycles. The molecule has 1 saturated heterocycles. The van der Waals surface area contributed by atoms with Crippen molar-refractivity contribution in [2.45, 2.75) is 44.3 Å². The zero-order valence-corrected chi connectivity index (χ0v) is 11.7. The lowest BCUT2D eigenvalue weighted by Crippen LogP contribution is -2.35. The molecule has 18 heavy (non-hydrogen) atoms. The molecule has 1 aliphatic carbocycles. The molecule has 0 radical (unpaired) electrons. The summed E-state index contributed by atoms with van der Waals surface area (Å²) in [5.74, 6) is 0. The predicted molar refractivity (Wildman–Crippen MR) is 76.0 cm³/mol. The summed E-state index contributed by atoms with van der Waals surface area (Å²) in [6.45, 7) is 4.68. The number of nitrogens with one attached hydrogen (secondary N) is 1. The van der Waals surface area contributed by atoms with E-state index in [0.29, 0.717) is 12.1 Å². The molecule has 2 fully saturated rings. The monoisotopic (exact) mass is 264 g/mol. The maximum atomic E-state index is 6.24. The highest BCUT2D eigenvalue weighted by atomic mass is 35.5. The van der Waals surface area contributed by atoms with Crippen molar-refractivity contribution < 1.29 is 0 Å². The lowest BCUT2D eigenvalue weighted by Gasteiger charge is -2.21. The minimum Gasteiger partial charge on any atom is -0.306 e. The van der Waals surface area contributed by atoms with Gasteiger partial charge in [-0.25, -0.2) is 0 Å². The molecule has 1 N–H and O–H groups in total. The third-order valence-electron chi connectivity index (χ3n) is 4.14. The first kappa shape index (κ1) is 12.5. The lowest BCUT2D eigenvalue weighted by atomic mass is 10.1. The number of hydrogen-bond donors (Lipinski definition) is 1. The number of hydrogen-bond acceptors (Lipinski definition) is 2. The van der Waals surface area contributed by atoms with E-state index in [1.165, 1.54) is 37.9 Å². The Morgan fingerprint density at radius 3 is 2.78 bits per heavy atom. The van der Waals surface area contributed by atoms with Gasteiger partial charge >= 0.3 is 0 Å². The number of nitrogens with zero attached hydrogens (tertiary/aromatic N) is 1. The minimum absolute atomic E-state index is 0.336. The van der Waals surface area contributed by atoms with Gasteiger partial charge in [0.15, 0.2) is 0 Å². The van der Waals surface area contributed by atoms with Crippen LogP contribution in [0.1, 0.15) is 37.8 Å². The van der Waals surface area contributed by atoms with Crippen LogP contribution in [0, 0.1) is 0 Å². The van der Waals surface area contributed by atoms with Gasteiger partial charge in [0, 0.05) is 36.2 Å². The fraction of sp³-hybridized carbons (Fsp3) is 0.600. The van der Waals surface area contributed by atoms with Crippen LogP contribution in [0.2, 0.25) is 5.02 Å². The third-order valence-corrected chi connectivity index (χ3v) is 4.48. The SMILES string of the molecule is C[C@H](NC1CCN(C2CC2)C1)c1ccccc1Cl. The number of halogens is 1. The van der Waals surface area contributed by atoms with Crippen LogP contribution in [0.15, 0.2) is 24.3 Å². The standard InChI is InChI=1S/C15H21ClN2/c1-11(14-4-2-3-5-15(14)16)17-12-8-9-18(10-12)13-6-7-13/h2-5,11-13,17H,6-10H2,1H3/t11-,12?/m0/s1. The highest BCUT2D eigenvalue weighted by Gasteiger charge is 2.34.